The Bertz CT molecular complexity index is 996. The molecule has 0 aliphatic heterocycles. The first-order chi connectivity index (χ1) is 13.3. The van der Waals surface area contributed by atoms with Crippen LogP contribution in [0.3, 0.4) is 0 Å². The largest absolute Gasteiger partial charge is 0.439 e. The number of alkyl halides is 3. The number of benzene rings is 2. The zero-order valence-corrected chi connectivity index (χ0v) is 15.8. The smallest absolute Gasteiger partial charge is 0.416 e. The molecule has 0 saturated carbocycles. The van der Waals surface area contributed by atoms with Gasteiger partial charge in [0.2, 0.25) is 5.88 Å². The molecule has 3 N–H and O–H groups in total. The lowest BCUT2D eigenvalue weighted by molar-refractivity contribution is -0.137. The van der Waals surface area contributed by atoms with E-state index in [1.54, 1.807) is 30.5 Å². The predicted octanol–water partition coefficient (Wildman–Crippen LogP) is 5.03. The van der Waals surface area contributed by atoms with Gasteiger partial charge in [-0.1, -0.05) is 12.1 Å². The molecule has 3 rings (SSSR count). The van der Waals surface area contributed by atoms with Gasteiger partial charge in [0.1, 0.15) is 5.75 Å². The number of pyridine rings is 1. The third-order valence-electron chi connectivity index (χ3n) is 3.80. The number of aromatic nitrogens is 1. The van der Waals surface area contributed by atoms with Crippen molar-refractivity contribution in [3.8, 4) is 11.6 Å². The first-order valence-corrected chi connectivity index (χ1v) is 8.27. The van der Waals surface area contributed by atoms with E-state index in [1.165, 1.54) is 24.3 Å². The number of halogens is 4. The highest BCUT2D eigenvalue weighted by atomic mass is 35.5. The highest BCUT2D eigenvalue weighted by Crippen LogP contribution is 2.31. The van der Waals surface area contributed by atoms with Gasteiger partial charge in [-0.15, -0.1) is 12.4 Å². The number of hydrogen-bond acceptors (Lipinski definition) is 4. The van der Waals surface area contributed by atoms with Crippen LogP contribution in [0, 0.1) is 0 Å². The van der Waals surface area contributed by atoms with Crippen LogP contribution >= 0.6 is 12.4 Å². The van der Waals surface area contributed by atoms with E-state index in [9.17, 15) is 18.0 Å². The van der Waals surface area contributed by atoms with Crippen molar-refractivity contribution in [3.05, 3.63) is 83.6 Å². The lowest BCUT2D eigenvalue weighted by Crippen LogP contribution is -2.13. The summed E-state index contributed by atoms with van der Waals surface area (Å²) in [5, 5.41) is 2.45. The summed E-state index contributed by atoms with van der Waals surface area (Å²) in [6.07, 6.45) is -2.93. The van der Waals surface area contributed by atoms with Crippen LogP contribution in [-0.4, -0.2) is 10.9 Å². The maximum atomic E-state index is 12.8. The van der Waals surface area contributed by atoms with Gasteiger partial charge >= 0.3 is 6.18 Å². The van der Waals surface area contributed by atoms with Crippen molar-refractivity contribution in [2.24, 2.45) is 5.73 Å². The number of carbonyl (C=O) groups is 1. The predicted molar refractivity (Wildman–Crippen MR) is 105 cm³/mol. The number of nitrogens with one attached hydrogen (secondary N) is 1. The SMILES string of the molecule is Cl.NCc1ccnc(Oc2cccc(C(=O)Nc3cccc(C(F)(F)F)c3)c2)c1. The molecule has 1 aromatic heterocycles. The Kier molecular flexibility index (Phi) is 7.19. The molecule has 9 heteroatoms. The fourth-order valence-electron chi connectivity index (χ4n) is 2.43. The van der Waals surface area contributed by atoms with E-state index in [2.05, 4.69) is 10.3 Å². The number of ether oxygens (including phenoxy) is 1. The Morgan fingerprint density at radius 3 is 2.55 bits per heavy atom. The second-order valence-electron chi connectivity index (χ2n) is 5.87. The quantitative estimate of drug-likeness (QED) is 0.603. The summed E-state index contributed by atoms with van der Waals surface area (Å²) in [5.41, 5.74) is 5.85. The van der Waals surface area contributed by atoms with Gasteiger partial charge in [-0.2, -0.15) is 13.2 Å². The maximum Gasteiger partial charge on any atom is 0.416 e. The van der Waals surface area contributed by atoms with Crippen molar-refractivity contribution in [3.63, 3.8) is 0 Å². The molecule has 0 spiro atoms. The van der Waals surface area contributed by atoms with Crippen molar-refractivity contribution in [1.29, 1.82) is 0 Å². The molecular formula is C20H17ClF3N3O2. The van der Waals surface area contributed by atoms with E-state index in [4.69, 9.17) is 10.5 Å². The fraction of sp³-hybridized carbons (Fsp3) is 0.100. The number of nitrogens with two attached hydrogens (primary N) is 1. The van der Waals surface area contributed by atoms with E-state index in [0.717, 1.165) is 17.7 Å². The third-order valence-corrected chi connectivity index (χ3v) is 3.80. The van der Waals surface area contributed by atoms with Crippen LogP contribution in [-0.2, 0) is 12.7 Å². The van der Waals surface area contributed by atoms with Crippen molar-refractivity contribution in [2.45, 2.75) is 12.7 Å². The molecule has 2 aromatic carbocycles. The van der Waals surface area contributed by atoms with Gasteiger partial charge < -0.3 is 15.8 Å². The van der Waals surface area contributed by atoms with E-state index >= 15 is 0 Å². The van der Waals surface area contributed by atoms with Crippen LogP contribution in [0.15, 0.2) is 66.9 Å². The Morgan fingerprint density at radius 1 is 1.07 bits per heavy atom. The minimum atomic E-state index is -4.49. The summed E-state index contributed by atoms with van der Waals surface area (Å²) in [5.74, 6) is 0.116. The van der Waals surface area contributed by atoms with Gasteiger partial charge in [-0.05, 0) is 48.0 Å². The Hall–Kier alpha value is -3.10. The highest BCUT2D eigenvalue weighted by Gasteiger charge is 2.30. The average molecular weight is 424 g/mol. The van der Waals surface area contributed by atoms with Crippen molar-refractivity contribution in [2.75, 3.05) is 5.32 Å². The summed E-state index contributed by atoms with van der Waals surface area (Å²) < 4.78 is 44.0. The first-order valence-electron chi connectivity index (χ1n) is 8.27. The summed E-state index contributed by atoms with van der Waals surface area (Å²) in [6.45, 7) is 0.332. The topological polar surface area (TPSA) is 77.2 Å². The standard InChI is InChI=1S/C20H16F3N3O2.ClH/c21-20(22,23)15-4-2-5-16(11-15)26-19(27)14-3-1-6-17(10-14)28-18-9-13(12-24)7-8-25-18;/h1-11H,12,24H2,(H,26,27);1H. The molecular weight excluding hydrogens is 407 g/mol. The third kappa shape index (κ3) is 5.94. The number of amides is 1. The lowest BCUT2D eigenvalue weighted by Gasteiger charge is -2.11. The zero-order chi connectivity index (χ0) is 20.1. The molecule has 0 aliphatic rings. The Morgan fingerprint density at radius 2 is 1.83 bits per heavy atom. The molecule has 0 fully saturated rings. The van der Waals surface area contributed by atoms with Crippen LogP contribution in [0.5, 0.6) is 11.6 Å². The van der Waals surface area contributed by atoms with Gasteiger partial charge in [0.25, 0.3) is 5.91 Å². The van der Waals surface area contributed by atoms with Gasteiger partial charge in [0.15, 0.2) is 0 Å². The summed E-state index contributed by atoms with van der Waals surface area (Å²) in [4.78, 5) is 16.5. The fourth-order valence-corrected chi connectivity index (χ4v) is 2.43. The van der Waals surface area contributed by atoms with E-state index < -0.39 is 17.6 Å². The van der Waals surface area contributed by atoms with E-state index in [-0.39, 0.29) is 23.7 Å². The Balaban J connectivity index is 0.00000300. The molecule has 0 atom stereocenters. The second-order valence-corrected chi connectivity index (χ2v) is 5.87. The molecule has 29 heavy (non-hydrogen) atoms. The average Bonchev–Trinajstić information content (AvgIpc) is 2.68. The molecule has 3 aromatic rings. The van der Waals surface area contributed by atoms with Crippen molar-refractivity contribution in [1.82, 2.24) is 4.98 Å². The van der Waals surface area contributed by atoms with Crippen molar-refractivity contribution < 1.29 is 22.7 Å². The first kappa shape index (κ1) is 22.2. The number of nitrogens with zero attached hydrogens (tertiary/aromatic N) is 1. The second kappa shape index (κ2) is 9.40. The van der Waals surface area contributed by atoms with Gasteiger partial charge in [-0.3, -0.25) is 4.79 Å². The minimum absolute atomic E-state index is 0. The molecule has 0 saturated heterocycles. The molecule has 5 nitrogen and oxygen atoms in total. The van der Waals surface area contributed by atoms with E-state index in [1.807, 2.05) is 0 Å². The molecule has 152 valence electrons. The van der Waals surface area contributed by atoms with Crippen molar-refractivity contribution >= 4 is 24.0 Å². The molecule has 1 heterocycles. The van der Waals surface area contributed by atoms with Gasteiger partial charge in [0.05, 0.1) is 5.56 Å². The molecule has 0 radical (unpaired) electrons. The monoisotopic (exact) mass is 423 g/mol. The number of anilines is 1. The lowest BCUT2D eigenvalue weighted by atomic mass is 10.1. The molecule has 0 unspecified atom stereocenters. The number of carbonyl (C=O) groups excluding carboxylic acids is 1. The van der Waals surface area contributed by atoms with Crippen LogP contribution < -0.4 is 15.8 Å². The molecule has 0 bridgehead atoms. The highest BCUT2D eigenvalue weighted by molar-refractivity contribution is 6.04. The van der Waals surface area contributed by atoms with Crippen LogP contribution in [0.2, 0.25) is 0 Å². The van der Waals surface area contributed by atoms with Crippen LogP contribution in [0.1, 0.15) is 21.5 Å². The van der Waals surface area contributed by atoms with Gasteiger partial charge in [-0.25, -0.2) is 4.98 Å². The molecule has 0 aliphatic carbocycles. The zero-order valence-electron chi connectivity index (χ0n) is 14.9. The van der Waals surface area contributed by atoms with Gasteiger partial charge in [0, 0.05) is 30.1 Å². The number of rotatable bonds is 5. The molecule has 1 amide bonds. The van der Waals surface area contributed by atoms with Crippen LogP contribution in [0.25, 0.3) is 0 Å². The summed E-state index contributed by atoms with van der Waals surface area (Å²) in [7, 11) is 0. The van der Waals surface area contributed by atoms with Crippen LogP contribution in [0.4, 0.5) is 18.9 Å². The minimum Gasteiger partial charge on any atom is -0.439 e. The summed E-state index contributed by atoms with van der Waals surface area (Å²) >= 11 is 0. The summed E-state index contributed by atoms with van der Waals surface area (Å²) in [6, 6.07) is 14.1. The van der Waals surface area contributed by atoms with E-state index in [0.29, 0.717) is 18.2 Å². The maximum absolute atomic E-state index is 12.8. The normalized spacial score (nSPS) is 10.8. The Labute approximate surface area is 171 Å². The number of hydrogen-bond donors (Lipinski definition) is 2.